The van der Waals surface area contributed by atoms with E-state index in [0.29, 0.717) is 19.3 Å². The molecule has 0 aliphatic rings. The number of esters is 3. The van der Waals surface area contributed by atoms with Gasteiger partial charge in [0.05, 0.1) is 26.4 Å². The van der Waals surface area contributed by atoms with E-state index in [1.807, 2.05) is 0 Å². The van der Waals surface area contributed by atoms with Crippen molar-refractivity contribution in [2.75, 3.05) is 39.6 Å². The van der Waals surface area contributed by atoms with E-state index in [1.165, 1.54) is 96.3 Å². The summed E-state index contributed by atoms with van der Waals surface area (Å²) >= 11 is 0. The van der Waals surface area contributed by atoms with Crippen LogP contribution in [0.15, 0.2) is 85.1 Å². The van der Waals surface area contributed by atoms with E-state index in [4.69, 9.17) is 32.3 Å². The van der Waals surface area contributed by atoms with Crippen LogP contribution < -0.4 is 0 Å². The topological polar surface area (TPSA) is 231 Å². The number of aliphatic hydroxyl groups excluding tert-OH is 2. The largest absolute Gasteiger partial charge is 0.472 e. The van der Waals surface area contributed by atoms with E-state index >= 15 is 0 Å². The monoisotopic (exact) mass is 1300 g/mol. The summed E-state index contributed by atoms with van der Waals surface area (Å²) in [4.78, 5) is 58.3. The normalized spacial score (nSPS) is 14.7. The van der Waals surface area contributed by atoms with Gasteiger partial charge in [-0.05, 0) is 96.3 Å². The first-order valence-corrected chi connectivity index (χ1v) is 37.9. The average Bonchev–Trinajstić information content (AvgIpc) is 3.70. The van der Waals surface area contributed by atoms with Crippen LogP contribution >= 0.6 is 15.6 Å². The predicted molar refractivity (Wildman–Crippen MR) is 362 cm³/mol. The Kier molecular flexibility index (Phi) is 62.4. The highest BCUT2D eigenvalue weighted by atomic mass is 31.2. The van der Waals surface area contributed by atoms with Crippen LogP contribution in [0.5, 0.6) is 0 Å². The van der Waals surface area contributed by atoms with E-state index < -0.39 is 91.5 Å². The summed E-state index contributed by atoms with van der Waals surface area (Å²) in [5.41, 5.74) is 0. The molecule has 516 valence electrons. The van der Waals surface area contributed by atoms with Crippen LogP contribution in [0.3, 0.4) is 0 Å². The second-order valence-corrected chi connectivity index (χ2v) is 26.2. The van der Waals surface area contributed by atoms with Gasteiger partial charge in [0, 0.05) is 19.3 Å². The molecule has 0 heterocycles. The van der Waals surface area contributed by atoms with Crippen molar-refractivity contribution in [3.8, 4) is 0 Å². The number of ether oxygens (including phenoxy) is 3. The van der Waals surface area contributed by atoms with Crippen LogP contribution in [0.1, 0.15) is 290 Å². The summed E-state index contributed by atoms with van der Waals surface area (Å²) in [5.74, 6) is -1.59. The zero-order valence-electron chi connectivity index (χ0n) is 55.8. The van der Waals surface area contributed by atoms with Gasteiger partial charge in [-0.2, -0.15) is 0 Å². The molecule has 0 fully saturated rings. The lowest BCUT2D eigenvalue weighted by atomic mass is 10.0. The molecule has 89 heavy (non-hydrogen) atoms. The molecule has 0 radical (unpaired) electrons. The van der Waals surface area contributed by atoms with Crippen LogP contribution in [0.4, 0.5) is 0 Å². The van der Waals surface area contributed by atoms with Crippen LogP contribution in [0.25, 0.3) is 0 Å². The third-order valence-electron chi connectivity index (χ3n) is 14.6. The van der Waals surface area contributed by atoms with Gasteiger partial charge in [-0.15, -0.1) is 0 Å². The molecule has 18 heteroatoms. The van der Waals surface area contributed by atoms with Crippen LogP contribution in [0, 0.1) is 0 Å². The number of rotatable bonds is 66. The molecule has 0 aliphatic carbocycles. The van der Waals surface area contributed by atoms with Gasteiger partial charge in [0.25, 0.3) is 0 Å². The van der Waals surface area contributed by atoms with E-state index in [-0.39, 0.29) is 19.3 Å². The number of allylic oxidation sites excluding steroid dienone is 14. The minimum Gasteiger partial charge on any atom is -0.463 e. The molecule has 0 aromatic rings. The maximum atomic E-state index is 12.9. The highest BCUT2D eigenvalue weighted by Crippen LogP contribution is 2.45. The smallest absolute Gasteiger partial charge is 0.463 e. The van der Waals surface area contributed by atoms with Crippen LogP contribution in [-0.4, -0.2) is 95.9 Å². The summed E-state index contributed by atoms with van der Waals surface area (Å²) in [6.45, 7) is 2.53. The zero-order chi connectivity index (χ0) is 65.3. The van der Waals surface area contributed by atoms with Crippen molar-refractivity contribution in [2.24, 2.45) is 0 Å². The van der Waals surface area contributed by atoms with Gasteiger partial charge in [-0.25, -0.2) is 9.13 Å². The molecule has 4 N–H and O–H groups in total. The van der Waals surface area contributed by atoms with Gasteiger partial charge >= 0.3 is 33.6 Å². The summed E-state index contributed by atoms with van der Waals surface area (Å²) in [7, 11) is -9.77. The molecular formula is C71H126O16P2. The maximum Gasteiger partial charge on any atom is 0.472 e. The van der Waals surface area contributed by atoms with Crippen molar-refractivity contribution in [2.45, 2.75) is 309 Å². The molecule has 0 aromatic heterocycles. The van der Waals surface area contributed by atoms with Crippen LogP contribution in [0.2, 0.25) is 0 Å². The first-order chi connectivity index (χ1) is 43.2. The van der Waals surface area contributed by atoms with Gasteiger partial charge in [0.15, 0.2) is 6.10 Å². The molecule has 5 unspecified atom stereocenters. The van der Waals surface area contributed by atoms with E-state index in [9.17, 15) is 43.5 Å². The number of unbranched alkanes of at least 4 members (excludes halogenated alkanes) is 29. The Bertz CT molecular complexity index is 1970. The number of carbonyl (C=O) groups is 3. The predicted octanol–water partition coefficient (Wildman–Crippen LogP) is 19.3. The lowest BCUT2D eigenvalue weighted by molar-refractivity contribution is -0.161. The Morgan fingerprint density at radius 1 is 0.326 bits per heavy atom. The number of hydrogen-bond acceptors (Lipinski definition) is 14. The van der Waals surface area contributed by atoms with Crippen molar-refractivity contribution in [1.29, 1.82) is 0 Å². The highest BCUT2D eigenvalue weighted by molar-refractivity contribution is 7.47. The molecule has 5 atom stereocenters. The number of phosphoric ester groups is 2. The number of hydrogen-bond donors (Lipinski definition) is 4. The third-order valence-corrected chi connectivity index (χ3v) is 16.5. The number of aliphatic hydroxyl groups is 2. The first kappa shape index (κ1) is 85.7. The Balaban J connectivity index is 4.55. The third kappa shape index (κ3) is 66.0. The molecule has 0 rings (SSSR count). The summed E-state index contributed by atoms with van der Waals surface area (Å²) in [5, 5.41) is 20.5. The molecule has 0 aliphatic heterocycles. The maximum absolute atomic E-state index is 12.9. The Morgan fingerprint density at radius 3 is 0.966 bits per heavy atom. The fourth-order valence-electron chi connectivity index (χ4n) is 9.27. The SMILES string of the molecule is CC/C=C\C/C=C\C/C=C\C/C=C\C/C=C\C/C=C\CCCCCCCCC(=O)OCC(O)COP(=O)(O)OCC(O)COP(=O)(O)OCC(COC(=O)CCCCCCCCCCCCCCCCC)OC(=O)CCCCCCC/C=C\CCCCCC. The van der Waals surface area contributed by atoms with Gasteiger partial charge in [0.1, 0.15) is 25.4 Å². The second-order valence-electron chi connectivity index (χ2n) is 23.3. The van der Waals surface area contributed by atoms with E-state index in [2.05, 4.69) is 106 Å². The van der Waals surface area contributed by atoms with E-state index in [1.54, 1.807) is 0 Å². The Hall–Kier alpha value is -3.27. The van der Waals surface area contributed by atoms with Gasteiger partial charge in [-0.3, -0.25) is 32.5 Å². The fraction of sp³-hybridized carbons (Fsp3) is 0.761. The van der Waals surface area contributed by atoms with Gasteiger partial charge in [-0.1, -0.05) is 260 Å². The standard InChI is InChI=1S/C71H126O16P2/c1-4-7-10-13-16-19-22-25-27-28-29-30-31-32-33-34-35-36-38-41-42-45-48-51-54-57-69(74)81-60-66(72)61-83-88(77,78)84-62-67(73)63-85-89(79,80)86-65-68(87-71(76)59-56-53-50-47-44-39-24-21-18-15-12-9-6-3)64-82-70(75)58-55-52-49-46-43-40-37-26-23-20-17-14-11-8-5-2/h7,10,16,19,21,24-25,27,29-30,32-33,35-36,66-68,72-73H,4-6,8-9,11-15,17-18,20,22-23,26,28,31,34,37-65H2,1-3H3,(H,77,78)(H,79,80)/b10-7-,19-16-,24-21-,27-25-,30-29-,33-32-,36-35-. The minimum atomic E-state index is -4.92. The van der Waals surface area contributed by atoms with Crippen molar-refractivity contribution in [3.63, 3.8) is 0 Å². The molecule has 0 spiro atoms. The van der Waals surface area contributed by atoms with Gasteiger partial charge < -0.3 is 34.2 Å². The molecule has 0 aromatic carbocycles. The Morgan fingerprint density at radius 2 is 0.596 bits per heavy atom. The zero-order valence-corrected chi connectivity index (χ0v) is 57.6. The molecule has 0 saturated heterocycles. The van der Waals surface area contributed by atoms with Crippen molar-refractivity contribution < 1.29 is 75.8 Å². The minimum absolute atomic E-state index is 0.0976. The quantitative estimate of drug-likeness (QED) is 0.0146. The molecule has 0 saturated carbocycles. The number of phosphoric acid groups is 2. The molecule has 0 bridgehead atoms. The van der Waals surface area contributed by atoms with Crippen molar-refractivity contribution in [1.82, 2.24) is 0 Å². The number of carbonyl (C=O) groups excluding carboxylic acids is 3. The van der Waals surface area contributed by atoms with Crippen molar-refractivity contribution in [3.05, 3.63) is 85.1 Å². The summed E-state index contributed by atoms with van der Waals surface area (Å²) in [6, 6.07) is 0. The van der Waals surface area contributed by atoms with Crippen LogP contribution in [-0.2, 0) is 55.8 Å². The Labute approximate surface area is 540 Å². The lowest BCUT2D eigenvalue weighted by Gasteiger charge is -2.21. The molecule has 0 amide bonds. The average molecular weight is 1300 g/mol. The fourth-order valence-corrected chi connectivity index (χ4v) is 10.9. The summed E-state index contributed by atoms with van der Waals surface area (Å²) in [6.07, 6.45) is 69.2. The lowest BCUT2D eigenvalue weighted by Crippen LogP contribution is -2.30. The highest BCUT2D eigenvalue weighted by Gasteiger charge is 2.29. The van der Waals surface area contributed by atoms with Gasteiger partial charge in [0.2, 0.25) is 0 Å². The first-order valence-electron chi connectivity index (χ1n) is 34.9. The second kappa shape index (κ2) is 64.8. The molecule has 16 nitrogen and oxygen atoms in total. The summed E-state index contributed by atoms with van der Waals surface area (Å²) < 4.78 is 60.9. The van der Waals surface area contributed by atoms with Crippen molar-refractivity contribution >= 4 is 33.6 Å². The molecular weight excluding hydrogens is 1170 g/mol. The van der Waals surface area contributed by atoms with E-state index in [0.717, 1.165) is 135 Å².